The average Bonchev–Trinajstić information content (AvgIpc) is 2.77. The normalized spacial score (nSPS) is 14.3. The van der Waals surface area contributed by atoms with Gasteiger partial charge in [0.05, 0.1) is 20.3 Å². The average molecular weight is 412 g/mol. The fourth-order valence-corrected chi connectivity index (χ4v) is 3.93. The molecule has 0 saturated carbocycles. The predicted molar refractivity (Wildman–Crippen MR) is 119 cm³/mol. The van der Waals surface area contributed by atoms with E-state index in [1.54, 1.807) is 14.2 Å². The first-order valence-electron chi connectivity index (χ1n) is 10.5. The number of hydrogen-bond acceptors (Lipinski definition) is 4. The van der Waals surface area contributed by atoms with Crippen molar-refractivity contribution in [3.63, 3.8) is 0 Å². The van der Waals surface area contributed by atoms with E-state index in [0.717, 1.165) is 24.2 Å². The summed E-state index contributed by atoms with van der Waals surface area (Å²) in [7, 11) is 7.36. The largest absolute Gasteiger partial charge is 0.493 e. The second-order valence-electron chi connectivity index (χ2n) is 7.91. The van der Waals surface area contributed by atoms with Gasteiger partial charge < -0.3 is 24.6 Å². The maximum atomic E-state index is 12.9. The van der Waals surface area contributed by atoms with Crippen molar-refractivity contribution in [1.82, 2.24) is 15.1 Å². The third-order valence-electron chi connectivity index (χ3n) is 5.85. The molecule has 1 atom stereocenters. The van der Waals surface area contributed by atoms with Crippen molar-refractivity contribution in [2.24, 2.45) is 0 Å². The number of amides is 2. The van der Waals surface area contributed by atoms with Crippen LogP contribution < -0.4 is 14.8 Å². The van der Waals surface area contributed by atoms with Crippen LogP contribution >= 0.6 is 0 Å². The number of rotatable bonds is 7. The molecule has 1 heterocycles. The van der Waals surface area contributed by atoms with Gasteiger partial charge in [-0.1, -0.05) is 31.2 Å². The molecule has 6 nitrogen and oxygen atoms in total. The summed E-state index contributed by atoms with van der Waals surface area (Å²) in [5, 5.41) is 3.13. The van der Waals surface area contributed by atoms with E-state index in [-0.39, 0.29) is 12.1 Å². The number of nitrogens with one attached hydrogen (secondary N) is 1. The molecule has 0 saturated heterocycles. The van der Waals surface area contributed by atoms with Gasteiger partial charge in [0.15, 0.2) is 11.5 Å². The van der Waals surface area contributed by atoms with E-state index in [0.29, 0.717) is 25.4 Å². The molecule has 1 aliphatic heterocycles. The molecule has 162 valence electrons. The lowest BCUT2D eigenvalue weighted by atomic mass is 9.99. The molecule has 0 bridgehead atoms. The van der Waals surface area contributed by atoms with Crippen LogP contribution in [0.5, 0.6) is 11.5 Å². The Bertz CT molecular complexity index is 865. The van der Waals surface area contributed by atoms with E-state index in [1.807, 2.05) is 31.1 Å². The smallest absolute Gasteiger partial charge is 0.317 e. The molecule has 6 heteroatoms. The molecular formula is C24H33N3O3. The number of nitrogens with zero attached hydrogens (tertiary/aromatic N) is 2. The van der Waals surface area contributed by atoms with Crippen LogP contribution in [0.3, 0.4) is 0 Å². The van der Waals surface area contributed by atoms with E-state index in [9.17, 15) is 4.79 Å². The molecular weight excluding hydrogens is 378 g/mol. The lowest BCUT2D eigenvalue weighted by molar-refractivity contribution is 0.187. The zero-order valence-corrected chi connectivity index (χ0v) is 18.7. The lowest BCUT2D eigenvalue weighted by Gasteiger charge is -2.31. The van der Waals surface area contributed by atoms with Gasteiger partial charge in [0.25, 0.3) is 0 Å². The number of ether oxygens (including phenoxy) is 2. The number of methoxy groups -OCH3 is 2. The maximum absolute atomic E-state index is 12.9. The van der Waals surface area contributed by atoms with Crippen LogP contribution in [0.2, 0.25) is 0 Å². The monoisotopic (exact) mass is 411 g/mol. The fourth-order valence-electron chi connectivity index (χ4n) is 3.93. The van der Waals surface area contributed by atoms with Gasteiger partial charge in [-0.3, -0.25) is 0 Å². The third kappa shape index (κ3) is 4.87. The van der Waals surface area contributed by atoms with Crippen LogP contribution in [-0.4, -0.2) is 57.2 Å². The lowest BCUT2D eigenvalue weighted by Crippen LogP contribution is -2.45. The van der Waals surface area contributed by atoms with Gasteiger partial charge in [-0.25, -0.2) is 4.79 Å². The number of benzene rings is 2. The highest BCUT2D eigenvalue weighted by Crippen LogP contribution is 2.33. The summed E-state index contributed by atoms with van der Waals surface area (Å²) in [5.41, 5.74) is 4.84. The maximum Gasteiger partial charge on any atom is 0.317 e. The Balaban J connectivity index is 1.65. The number of hydrogen-bond donors (Lipinski definition) is 1. The van der Waals surface area contributed by atoms with Gasteiger partial charge in [0, 0.05) is 19.6 Å². The standard InChI is InChI=1S/C24H33N3O3/c1-6-17-7-9-18(10-8-17)21(26(2)3)15-25-24(28)27-12-11-19-13-22(29-4)23(30-5)14-20(19)16-27/h7-10,13-14,21H,6,11-12,15-16H2,1-5H3,(H,25,28). The summed E-state index contributed by atoms with van der Waals surface area (Å²) in [4.78, 5) is 16.9. The van der Waals surface area contributed by atoms with Gasteiger partial charge in [-0.05, 0) is 61.3 Å². The van der Waals surface area contributed by atoms with Gasteiger partial charge in [0.2, 0.25) is 0 Å². The third-order valence-corrected chi connectivity index (χ3v) is 5.85. The Labute approximate surface area is 179 Å². The molecule has 30 heavy (non-hydrogen) atoms. The van der Waals surface area contributed by atoms with Crippen molar-refractivity contribution < 1.29 is 14.3 Å². The molecule has 1 unspecified atom stereocenters. The highest BCUT2D eigenvalue weighted by Gasteiger charge is 2.24. The number of fused-ring (bicyclic) bond motifs is 1. The Morgan fingerprint density at radius 1 is 1.10 bits per heavy atom. The summed E-state index contributed by atoms with van der Waals surface area (Å²) in [6, 6.07) is 12.7. The summed E-state index contributed by atoms with van der Waals surface area (Å²) in [6.45, 7) is 3.97. The first-order chi connectivity index (χ1) is 14.5. The van der Waals surface area contributed by atoms with Crippen molar-refractivity contribution in [2.75, 3.05) is 41.4 Å². The van der Waals surface area contributed by atoms with E-state index in [2.05, 4.69) is 41.4 Å². The number of urea groups is 1. The Hall–Kier alpha value is -2.73. The molecule has 0 aliphatic carbocycles. The zero-order chi connectivity index (χ0) is 21.7. The molecule has 0 spiro atoms. The Morgan fingerprint density at radius 3 is 2.30 bits per heavy atom. The highest BCUT2D eigenvalue weighted by atomic mass is 16.5. The van der Waals surface area contributed by atoms with E-state index in [1.165, 1.54) is 16.7 Å². The van der Waals surface area contributed by atoms with Crippen molar-refractivity contribution in [1.29, 1.82) is 0 Å². The SMILES string of the molecule is CCc1ccc(C(CNC(=O)N2CCc3cc(OC)c(OC)cc3C2)N(C)C)cc1. The Morgan fingerprint density at radius 2 is 1.73 bits per heavy atom. The molecule has 3 rings (SSSR count). The van der Waals surface area contributed by atoms with Crippen molar-refractivity contribution in [2.45, 2.75) is 32.4 Å². The fraction of sp³-hybridized carbons (Fsp3) is 0.458. The molecule has 2 aromatic carbocycles. The van der Waals surface area contributed by atoms with Crippen molar-refractivity contribution >= 4 is 6.03 Å². The van der Waals surface area contributed by atoms with Crippen LogP contribution in [0.25, 0.3) is 0 Å². The van der Waals surface area contributed by atoms with E-state index >= 15 is 0 Å². The van der Waals surface area contributed by atoms with E-state index < -0.39 is 0 Å². The molecule has 0 aromatic heterocycles. The van der Waals surface area contributed by atoms with Gasteiger partial charge in [0.1, 0.15) is 0 Å². The van der Waals surface area contributed by atoms with Crippen molar-refractivity contribution in [3.05, 3.63) is 58.7 Å². The molecule has 1 aliphatic rings. The van der Waals surface area contributed by atoms with Gasteiger partial charge >= 0.3 is 6.03 Å². The van der Waals surface area contributed by atoms with Crippen LogP contribution in [0.15, 0.2) is 36.4 Å². The summed E-state index contributed by atoms with van der Waals surface area (Å²) < 4.78 is 10.8. The molecule has 2 amide bonds. The van der Waals surface area contributed by atoms with Gasteiger partial charge in [-0.2, -0.15) is 0 Å². The predicted octanol–water partition coefficient (Wildman–Crippen LogP) is 3.64. The van der Waals surface area contributed by atoms with Crippen LogP contribution in [0.4, 0.5) is 4.79 Å². The second kappa shape index (κ2) is 9.85. The highest BCUT2D eigenvalue weighted by molar-refractivity contribution is 5.74. The molecule has 0 radical (unpaired) electrons. The van der Waals surface area contributed by atoms with Crippen LogP contribution in [0, 0.1) is 0 Å². The van der Waals surface area contributed by atoms with Crippen LogP contribution in [0.1, 0.15) is 35.2 Å². The molecule has 0 fully saturated rings. The number of carbonyl (C=O) groups is 1. The summed E-state index contributed by atoms with van der Waals surface area (Å²) in [5.74, 6) is 1.43. The summed E-state index contributed by atoms with van der Waals surface area (Å²) >= 11 is 0. The van der Waals surface area contributed by atoms with Gasteiger partial charge in [-0.15, -0.1) is 0 Å². The molecule has 1 N–H and O–H groups in total. The van der Waals surface area contributed by atoms with E-state index in [4.69, 9.17) is 9.47 Å². The molecule has 2 aromatic rings. The number of aryl methyl sites for hydroxylation is 1. The quantitative estimate of drug-likeness (QED) is 0.756. The Kier molecular flexibility index (Phi) is 7.21. The topological polar surface area (TPSA) is 54.0 Å². The first kappa shape index (κ1) is 22.0. The number of carbonyl (C=O) groups excluding carboxylic acids is 1. The van der Waals surface area contributed by atoms with Crippen LogP contribution in [-0.2, 0) is 19.4 Å². The van der Waals surface area contributed by atoms with Crippen molar-refractivity contribution in [3.8, 4) is 11.5 Å². The second-order valence-corrected chi connectivity index (χ2v) is 7.91. The summed E-state index contributed by atoms with van der Waals surface area (Å²) in [6.07, 6.45) is 1.83. The minimum Gasteiger partial charge on any atom is -0.493 e. The minimum atomic E-state index is -0.0348. The minimum absolute atomic E-state index is 0.0348. The zero-order valence-electron chi connectivity index (χ0n) is 18.7. The number of likely N-dealkylation sites (N-methyl/N-ethyl adjacent to an activating group) is 1. The first-order valence-corrected chi connectivity index (χ1v) is 10.5.